The molecule has 0 atom stereocenters. The van der Waals surface area contributed by atoms with Gasteiger partial charge in [-0.3, -0.25) is 0 Å². The standard InChI is InChI=1S/C12H18ClNOS/c1-2-15-12(6-4-3-5-7-12)11-14-10(8-13)9-16-11/h9H,2-8H2,1H3. The van der Waals surface area contributed by atoms with Gasteiger partial charge >= 0.3 is 0 Å². The van der Waals surface area contributed by atoms with Gasteiger partial charge in [-0.05, 0) is 19.8 Å². The number of nitrogens with zero attached hydrogens (tertiary/aromatic N) is 1. The zero-order valence-electron chi connectivity index (χ0n) is 9.67. The van der Waals surface area contributed by atoms with Gasteiger partial charge in [-0.25, -0.2) is 4.98 Å². The van der Waals surface area contributed by atoms with Gasteiger partial charge in [0.1, 0.15) is 10.6 Å². The zero-order valence-corrected chi connectivity index (χ0v) is 11.2. The summed E-state index contributed by atoms with van der Waals surface area (Å²) >= 11 is 7.50. The minimum absolute atomic E-state index is 0.109. The molecule has 4 heteroatoms. The van der Waals surface area contributed by atoms with Gasteiger partial charge in [0.2, 0.25) is 0 Å². The molecule has 2 nitrogen and oxygen atoms in total. The first-order chi connectivity index (χ1) is 7.80. The predicted octanol–water partition coefficient (Wildman–Crippen LogP) is 4.08. The monoisotopic (exact) mass is 259 g/mol. The molecular weight excluding hydrogens is 242 g/mol. The second kappa shape index (κ2) is 5.48. The van der Waals surface area contributed by atoms with Crippen LogP contribution >= 0.6 is 22.9 Å². The van der Waals surface area contributed by atoms with Gasteiger partial charge in [-0.2, -0.15) is 0 Å². The molecular formula is C12H18ClNOS. The Balaban J connectivity index is 2.23. The molecule has 0 radical (unpaired) electrons. The molecule has 1 aromatic rings. The van der Waals surface area contributed by atoms with E-state index in [0.717, 1.165) is 30.2 Å². The summed E-state index contributed by atoms with van der Waals surface area (Å²) in [7, 11) is 0. The van der Waals surface area contributed by atoms with Crippen LogP contribution in [0.2, 0.25) is 0 Å². The van der Waals surface area contributed by atoms with Crippen molar-refractivity contribution in [3.05, 3.63) is 16.1 Å². The minimum Gasteiger partial charge on any atom is -0.368 e. The molecule has 2 rings (SSSR count). The number of halogens is 1. The second-order valence-corrected chi connectivity index (χ2v) is 5.39. The lowest BCUT2D eigenvalue weighted by atomic mass is 9.85. The van der Waals surface area contributed by atoms with E-state index >= 15 is 0 Å². The van der Waals surface area contributed by atoms with Crippen molar-refractivity contribution >= 4 is 22.9 Å². The lowest BCUT2D eigenvalue weighted by Gasteiger charge is -2.35. The summed E-state index contributed by atoms with van der Waals surface area (Å²) in [6, 6.07) is 0. The number of hydrogen-bond acceptors (Lipinski definition) is 3. The van der Waals surface area contributed by atoms with Gasteiger partial charge in [-0.1, -0.05) is 19.3 Å². The van der Waals surface area contributed by atoms with Crippen molar-refractivity contribution in [3.8, 4) is 0 Å². The Bertz CT molecular complexity index is 328. The molecule has 90 valence electrons. The lowest BCUT2D eigenvalue weighted by molar-refractivity contribution is -0.0705. The molecule has 16 heavy (non-hydrogen) atoms. The molecule has 0 bridgehead atoms. The Hall–Kier alpha value is -0.120. The molecule has 1 heterocycles. The first-order valence-electron chi connectivity index (χ1n) is 5.95. The molecule has 0 amide bonds. The van der Waals surface area contributed by atoms with Crippen LogP contribution in [0.4, 0.5) is 0 Å². The molecule has 0 saturated heterocycles. The van der Waals surface area contributed by atoms with Crippen molar-refractivity contribution in [2.24, 2.45) is 0 Å². The van der Waals surface area contributed by atoms with E-state index in [4.69, 9.17) is 16.3 Å². The Morgan fingerprint density at radius 3 is 2.75 bits per heavy atom. The van der Waals surface area contributed by atoms with Crippen LogP contribution in [-0.2, 0) is 16.2 Å². The molecule has 0 aliphatic heterocycles. The first-order valence-corrected chi connectivity index (χ1v) is 7.37. The average Bonchev–Trinajstić information content (AvgIpc) is 2.80. The summed E-state index contributed by atoms with van der Waals surface area (Å²) in [5.41, 5.74) is 0.869. The number of thiazole rings is 1. The third kappa shape index (κ3) is 2.41. The van der Waals surface area contributed by atoms with Crippen molar-refractivity contribution < 1.29 is 4.74 Å². The summed E-state index contributed by atoms with van der Waals surface area (Å²) in [4.78, 5) is 4.60. The summed E-state index contributed by atoms with van der Waals surface area (Å²) in [6.07, 6.45) is 6.03. The summed E-state index contributed by atoms with van der Waals surface area (Å²) in [5.74, 6) is 0.499. The van der Waals surface area contributed by atoms with Crippen LogP contribution in [0.5, 0.6) is 0 Å². The van der Waals surface area contributed by atoms with Gasteiger partial charge in [-0.15, -0.1) is 22.9 Å². The van der Waals surface area contributed by atoms with Gasteiger partial charge in [0.15, 0.2) is 0 Å². The maximum atomic E-state index is 6.02. The number of aromatic nitrogens is 1. The molecule has 1 saturated carbocycles. The molecule has 0 N–H and O–H groups in total. The minimum atomic E-state index is -0.109. The number of ether oxygens (including phenoxy) is 1. The van der Waals surface area contributed by atoms with Gasteiger partial charge in [0.05, 0.1) is 11.6 Å². The van der Waals surface area contributed by atoms with Crippen LogP contribution < -0.4 is 0 Å². The molecule has 1 fully saturated rings. The van der Waals surface area contributed by atoms with E-state index in [1.54, 1.807) is 11.3 Å². The van der Waals surface area contributed by atoms with E-state index in [2.05, 4.69) is 17.3 Å². The fourth-order valence-electron chi connectivity index (χ4n) is 2.40. The van der Waals surface area contributed by atoms with Crippen molar-refractivity contribution in [2.75, 3.05) is 6.61 Å². The zero-order chi connectivity index (χ0) is 11.4. The Labute approximate surface area is 106 Å². The number of rotatable bonds is 4. The van der Waals surface area contributed by atoms with Gasteiger partial charge < -0.3 is 4.74 Å². The Kier molecular flexibility index (Phi) is 4.22. The highest BCUT2D eigenvalue weighted by Crippen LogP contribution is 2.41. The quantitative estimate of drug-likeness (QED) is 0.761. The van der Waals surface area contributed by atoms with Crippen LogP contribution in [0.25, 0.3) is 0 Å². The van der Waals surface area contributed by atoms with Crippen molar-refractivity contribution in [2.45, 2.75) is 50.5 Å². The molecule has 1 aliphatic rings. The third-order valence-corrected chi connectivity index (χ3v) is 4.51. The highest BCUT2D eigenvalue weighted by molar-refractivity contribution is 7.09. The van der Waals surface area contributed by atoms with Crippen LogP contribution in [0.1, 0.15) is 49.7 Å². The van der Waals surface area contributed by atoms with Crippen molar-refractivity contribution in [3.63, 3.8) is 0 Å². The first kappa shape index (κ1) is 12.3. The largest absolute Gasteiger partial charge is 0.368 e. The highest BCUT2D eigenvalue weighted by atomic mass is 35.5. The molecule has 0 unspecified atom stereocenters. The van der Waals surface area contributed by atoms with E-state index < -0.39 is 0 Å². The third-order valence-electron chi connectivity index (χ3n) is 3.16. The Morgan fingerprint density at radius 2 is 2.19 bits per heavy atom. The van der Waals surface area contributed by atoms with Crippen LogP contribution in [0.15, 0.2) is 5.38 Å². The van der Waals surface area contributed by atoms with E-state index in [-0.39, 0.29) is 5.60 Å². The Morgan fingerprint density at radius 1 is 1.44 bits per heavy atom. The average molecular weight is 260 g/mol. The predicted molar refractivity (Wildman–Crippen MR) is 68.1 cm³/mol. The summed E-state index contributed by atoms with van der Waals surface area (Å²) in [6.45, 7) is 2.82. The van der Waals surface area contributed by atoms with Crippen LogP contribution in [0.3, 0.4) is 0 Å². The van der Waals surface area contributed by atoms with E-state index in [0.29, 0.717) is 5.88 Å². The maximum absolute atomic E-state index is 6.02. The van der Waals surface area contributed by atoms with Gasteiger partial charge in [0.25, 0.3) is 0 Å². The summed E-state index contributed by atoms with van der Waals surface area (Å²) in [5, 5.41) is 3.18. The summed E-state index contributed by atoms with van der Waals surface area (Å²) < 4.78 is 6.02. The molecule has 0 spiro atoms. The SMILES string of the molecule is CCOC1(c2nc(CCl)cs2)CCCCC1. The normalized spacial score (nSPS) is 19.9. The van der Waals surface area contributed by atoms with Crippen LogP contribution in [0, 0.1) is 0 Å². The lowest BCUT2D eigenvalue weighted by Crippen LogP contribution is -2.32. The molecule has 0 aromatic carbocycles. The van der Waals surface area contributed by atoms with Gasteiger partial charge in [0, 0.05) is 12.0 Å². The maximum Gasteiger partial charge on any atom is 0.125 e. The van der Waals surface area contributed by atoms with Crippen molar-refractivity contribution in [1.29, 1.82) is 0 Å². The van der Waals surface area contributed by atoms with E-state index in [1.165, 1.54) is 19.3 Å². The topological polar surface area (TPSA) is 22.1 Å². The molecule has 1 aliphatic carbocycles. The molecule has 1 aromatic heterocycles. The fraction of sp³-hybridized carbons (Fsp3) is 0.750. The fourth-order valence-corrected chi connectivity index (χ4v) is 3.66. The second-order valence-electron chi connectivity index (χ2n) is 4.27. The van der Waals surface area contributed by atoms with Crippen LogP contribution in [-0.4, -0.2) is 11.6 Å². The number of alkyl halides is 1. The number of hydrogen-bond donors (Lipinski definition) is 0. The van der Waals surface area contributed by atoms with E-state index in [1.807, 2.05) is 0 Å². The highest BCUT2D eigenvalue weighted by Gasteiger charge is 2.37. The van der Waals surface area contributed by atoms with E-state index in [9.17, 15) is 0 Å². The smallest absolute Gasteiger partial charge is 0.125 e. The van der Waals surface area contributed by atoms with Crippen molar-refractivity contribution in [1.82, 2.24) is 4.98 Å².